The van der Waals surface area contributed by atoms with Gasteiger partial charge >= 0.3 is 6.18 Å². The van der Waals surface area contributed by atoms with Crippen LogP contribution >= 0.6 is 24.0 Å². The summed E-state index contributed by atoms with van der Waals surface area (Å²) >= 11 is 0. The summed E-state index contributed by atoms with van der Waals surface area (Å²) in [6.07, 6.45) is -4.42. The minimum Gasteiger partial charge on any atom is -0.369 e. The molecule has 1 fully saturated rings. The Morgan fingerprint density at radius 1 is 1.16 bits per heavy atom. The lowest BCUT2D eigenvalue weighted by molar-refractivity contribution is -0.137. The molecule has 0 unspecified atom stereocenters. The first-order valence-corrected chi connectivity index (χ1v) is 9.97. The van der Waals surface area contributed by atoms with Crippen LogP contribution in [0.15, 0.2) is 23.2 Å². The number of hydrogen-bond acceptors (Lipinski definition) is 4. The summed E-state index contributed by atoms with van der Waals surface area (Å²) in [6.45, 7) is 5.74. The second-order valence-corrected chi connectivity index (χ2v) is 7.47. The third-order valence-corrected chi connectivity index (χ3v) is 4.91. The van der Waals surface area contributed by atoms with Gasteiger partial charge in [-0.05, 0) is 37.7 Å². The van der Waals surface area contributed by atoms with Crippen molar-refractivity contribution in [2.45, 2.75) is 19.6 Å². The Balaban J connectivity index is 0.00000480. The van der Waals surface area contributed by atoms with Gasteiger partial charge in [0.1, 0.15) is 0 Å². The van der Waals surface area contributed by atoms with Crippen molar-refractivity contribution in [3.63, 3.8) is 0 Å². The molecule has 176 valence electrons. The number of rotatable bonds is 6. The molecule has 1 saturated heterocycles. The zero-order valence-corrected chi connectivity index (χ0v) is 20.8. The van der Waals surface area contributed by atoms with E-state index in [-0.39, 0.29) is 43.0 Å². The van der Waals surface area contributed by atoms with Crippen LogP contribution in [0.5, 0.6) is 0 Å². The molecule has 0 atom stereocenters. The number of piperazine rings is 1. The number of nitrogens with one attached hydrogen (secondary N) is 2. The fraction of sp³-hybridized carbons (Fsp3) is 0.600. The highest BCUT2D eigenvalue weighted by atomic mass is 127. The molecule has 31 heavy (non-hydrogen) atoms. The Morgan fingerprint density at radius 3 is 2.35 bits per heavy atom. The number of aliphatic imine (C=N–C) groups is 1. The lowest BCUT2D eigenvalue weighted by atomic mass is 10.1. The average Bonchev–Trinajstić information content (AvgIpc) is 2.69. The van der Waals surface area contributed by atoms with E-state index in [0.29, 0.717) is 18.1 Å². The third kappa shape index (κ3) is 8.36. The Kier molecular flexibility index (Phi) is 10.8. The minimum absolute atomic E-state index is 0. The van der Waals surface area contributed by atoms with Crippen molar-refractivity contribution in [3.8, 4) is 0 Å². The van der Waals surface area contributed by atoms with Crippen LogP contribution in [0, 0.1) is 0 Å². The van der Waals surface area contributed by atoms with Crippen LogP contribution in [0.25, 0.3) is 0 Å². The maximum Gasteiger partial charge on any atom is 0.416 e. The van der Waals surface area contributed by atoms with Crippen LogP contribution in [-0.4, -0.2) is 82.1 Å². The molecule has 0 aliphatic carbocycles. The van der Waals surface area contributed by atoms with Crippen molar-refractivity contribution < 1.29 is 18.0 Å². The molecule has 1 aromatic carbocycles. The minimum atomic E-state index is -4.42. The predicted octanol–water partition coefficient (Wildman–Crippen LogP) is 2.22. The molecule has 7 nitrogen and oxygen atoms in total. The van der Waals surface area contributed by atoms with Gasteiger partial charge < -0.3 is 25.3 Å². The van der Waals surface area contributed by atoms with E-state index in [4.69, 9.17) is 0 Å². The maximum atomic E-state index is 13.3. The van der Waals surface area contributed by atoms with Gasteiger partial charge in [-0.1, -0.05) is 0 Å². The maximum absolute atomic E-state index is 13.3. The molecule has 1 aliphatic heterocycles. The molecule has 1 aromatic rings. The van der Waals surface area contributed by atoms with Gasteiger partial charge in [-0.25, -0.2) is 4.99 Å². The van der Waals surface area contributed by atoms with Crippen molar-refractivity contribution >= 4 is 41.5 Å². The van der Waals surface area contributed by atoms with Crippen LogP contribution in [0.2, 0.25) is 0 Å². The Bertz CT molecular complexity index is 749. The van der Waals surface area contributed by atoms with Gasteiger partial charge in [-0.3, -0.25) is 4.79 Å². The van der Waals surface area contributed by atoms with Crippen molar-refractivity contribution in [3.05, 3.63) is 29.3 Å². The van der Waals surface area contributed by atoms with Crippen molar-refractivity contribution in [1.82, 2.24) is 20.4 Å². The van der Waals surface area contributed by atoms with Crippen molar-refractivity contribution in [1.29, 1.82) is 0 Å². The summed E-state index contributed by atoms with van der Waals surface area (Å²) in [5, 5.41) is 5.95. The normalized spacial score (nSPS) is 15.3. The summed E-state index contributed by atoms with van der Waals surface area (Å²) in [4.78, 5) is 22.0. The lowest BCUT2D eigenvalue weighted by Crippen LogP contribution is -2.45. The molecule has 0 bridgehead atoms. The van der Waals surface area contributed by atoms with Crippen LogP contribution < -0.4 is 15.5 Å². The Hall–Kier alpha value is -1.76. The molecular weight excluding hydrogens is 524 g/mol. The Morgan fingerprint density at radius 2 is 1.81 bits per heavy atom. The summed E-state index contributed by atoms with van der Waals surface area (Å²) in [7, 11) is 5.33. The first-order valence-electron chi connectivity index (χ1n) is 9.97. The number of nitrogens with zero attached hydrogens (tertiary/aromatic N) is 4. The molecule has 1 aliphatic rings. The van der Waals surface area contributed by atoms with E-state index in [2.05, 4.69) is 25.4 Å². The van der Waals surface area contributed by atoms with Gasteiger partial charge in [0.05, 0.1) is 18.7 Å². The summed E-state index contributed by atoms with van der Waals surface area (Å²) in [6, 6.07) is 3.83. The molecule has 11 heteroatoms. The highest BCUT2D eigenvalue weighted by molar-refractivity contribution is 14.0. The number of benzene rings is 1. The smallest absolute Gasteiger partial charge is 0.369 e. The Labute approximate surface area is 199 Å². The molecule has 1 amide bonds. The number of hydrogen-bond donors (Lipinski definition) is 2. The van der Waals surface area contributed by atoms with Gasteiger partial charge in [-0.15, -0.1) is 24.0 Å². The van der Waals surface area contributed by atoms with E-state index in [9.17, 15) is 18.0 Å². The van der Waals surface area contributed by atoms with Gasteiger partial charge in [0, 0.05) is 52.5 Å². The van der Waals surface area contributed by atoms with E-state index in [1.807, 2.05) is 14.0 Å². The standard InChI is InChI=1S/C20H31F3N6O.HI/c1-5-24-19(26-14-18(30)27(2)3)25-13-15-12-16(20(21,22)23)6-7-17(15)29-10-8-28(4)9-11-29;/h6-7,12H,5,8-11,13-14H2,1-4H3,(H2,24,25,26);1H. The molecule has 0 aromatic heterocycles. The van der Waals surface area contributed by atoms with Crippen molar-refractivity contribution in [2.75, 3.05) is 65.3 Å². The number of amides is 1. The quantitative estimate of drug-likeness (QED) is 0.320. The average molecular weight is 556 g/mol. The molecule has 1 heterocycles. The zero-order valence-electron chi connectivity index (χ0n) is 18.4. The van der Waals surface area contributed by atoms with Gasteiger partial charge in [-0.2, -0.15) is 13.2 Å². The van der Waals surface area contributed by atoms with Gasteiger partial charge in [0.15, 0.2) is 5.96 Å². The first kappa shape index (κ1) is 27.3. The number of guanidine groups is 1. The number of halogens is 4. The number of carbonyl (C=O) groups is 1. The third-order valence-electron chi connectivity index (χ3n) is 4.91. The topological polar surface area (TPSA) is 63.2 Å². The summed E-state index contributed by atoms with van der Waals surface area (Å²) < 4.78 is 39.8. The van der Waals surface area contributed by atoms with Crippen molar-refractivity contribution in [2.24, 2.45) is 4.99 Å². The number of carbonyl (C=O) groups excluding carboxylic acids is 1. The highest BCUT2D eigenvalue weighted by Crippen LogP contribution is 2.33. The monoisotopic (exact) mass is 556 g/mol. The van der Waals surface area contributed by atoms with Crippen LogP contribution in [0.4, 0.5) is 18.9 Å². The fourth-order valence-corrected chi connectivity index (χ4v) is 3.07. The largest absolute Gasteiger partial charge is 0.416 e. The number of alkyl halides is 3. The van der Waals surface area contributed by atoms with E-state index in [1.54, 1.807) is 14.1 Å². The van der Waals surface area contributed by atoms with Crippen LogP contribution in [-0.2, 0) is 17.5 Å². The number of anilines is 1. The summed E-state index contributed by atoms with van der Waals surface area (Å²) in [5.41, 5.74) is 0.580. The predicted molar refractivity (Wildman–Crippen MR) is 128 cm³/mol. The van der Waals surface area contributed by atoms with E-state index in [0.717, 1.165) is 37.9 Å². The van der Waals surface area contributed by atoms with Crippen LogP contribution in [0.3, 0.4) is 0 Å². The second-order valence-electron chi connectivity index (χ2n) is 7.47. The molecule has 2 rings (SSSR count). The lowest BCUT2D eigenvalue weighted by Gasteiger charge is -2.35. The van der Waals surface area contributed by atoms with E-state index < -0.39 is 11.7 Å². The first-order chi connectivity index (χ1) is 14.1. The summed E-state index contributed by atoms with van der Waals surface area (Å²) in [5.74, 6) is 0.257. The molecular formula is C20H32F3IN6O. The molecule has 2 N–H and O–H groups in total. The molecule has 0 radical (unpaired) electrons. The van der Waals surface area contributed by atoms with Gasteiger partial charge in [0.25, 0.3) is 0 Å². The van der Waals surface area contributed by atoms with E-state index in [1.165, 1.54) is 17.0 Å². The zero-order chi connectivity index (χ0) is 22.3. The molecule has 0 spiro atoms. The highest BCUT2D eigenvalue weighted by Gasteiger charge is 2.31. The fourth-order valence-electron chi connectivity index (χ4n) is 3.07. The van der Waals surface area contributed by atoms with Gasteiger partial charge in [0.2, 0.25) is 5.91 Å². The molecule has 0 saturated carbocycles. The van der Waals surface area contributed by atoms with E-state index >= 15 is 0 Å². The SMILES string of the molecule is CCNC(=NCc1cc(C(F)(F)F)ccc1N1CCN(C)CC1)NCC(=O)N(C)C.I. The second kappa shape index (κ2) is 12.3. The van der Waals surface area contributed by atoms with Crippen LogP contribution in [0.1, 0.15) is 18.1 Å². The number of likely N-dealkylation sites (N-methyl/N-ethyl adjacent to an activating group) is 2.